The highest BCUT2D eigenvalue weighted by Crippen LogP contribution is 2.24. The molecule has 0 bridgehead atoms. The summed E-state index contributed by atoms with van der Waals surface area (Å²) in [7, 11) is 1.38. The first kappa shape index (κ1) is 14.8. The van der Waals surface area contributed by atoms with Crippen LogP contribution in [0.2, 0.25) is 0 Å². The zero-order valence-corrected chi connectivity index (χ0v) is 14.1. The summed E-state index contributed by atoms with van der Waals surface area (Å²) in [5.74, 6) is -0.463. The monoisotopic (exact) mass is 437 g/mol. The molecule has 1 amide bonds. The first-order valence-corrected chi connectivity index (χ1v) is 7.72. The minimum Gasteiger partial charge on any atom is -0.469 e. The molecule has 1 aliphatic rings. The van der Waals surface area contributed by atoms with Gasteiger partial charge in [-0.15, -0.1) is 0 Å². The van der Waals surface area contributed by atoms with Crippen molar-refractivity contribution in [3.8, 4) is 0 Å². The predicted molar refractivity (Wildman–Crippen MR) is 82.9 cm³/mol. The Hall–Kier alpha value is -0.630. The lowest BCUT2D eigenvalue weighted by atomic mass is 10.1. The third kappa shape index (κ3) is 3.28. The van der Waals surface area contributed by atoms with Gasteiger partial charge in [0, 0.05) is 21.1 Å². The smallest absolute Gasteiger partial charge is 0.310 e. The van der Waals surface area contributed by atoms with Crippen LogP contribution < -0.4 is 0 Å². The number of benzene rings is 1. The number of halogens is 2. The molecule has 0 saturated carbocycles. The summed E-state index contributed by atoms with van der Waals surface area (Å²) in [4.78, 5) is 25.6. The molecule has 1 heterocycles. The number of hydrogen-bond acceptors (Lipinski definition) is 3. The van der Waals surface area contributed by atoms with Gasteiger partial charge in [0.1, 0.15) is 0 Å². The van der Waals surface area contributed by atoms with E-state index in [-0.39, 0.29) is 17.8 Å². The maximum Gasteiger partial charge on any atom is 0.310 e. The van der Waals surface area contributed by atoms with Crippen LogP contribution >= 0.6 is 38.5 Å². The van der Waals surface area contributed by atoms with E-state index in [2.05, 4.69) is 38.5 Å². The number of likely N-dealkylation sites (tertiary alicyclic amines) is 1. The van der Waals surface area contributed by atoms with E-state index in [1.807, 2.05) is 18.2 Å². The molecule has 6 heteroatoms. The van der Waals surface area contributed by atoms with Crippen molar-refractivity contribution in [2.75, 3.05) is 20.2 Å². The van der Waals surface area contributed by atoms with Crippen molar-refractivity contribution < 1.29 is 14.3 Å². The number of nitrogens with zero attached hydrogens (tertiary/aromatic N) is 1. The second-order valence-corrected chi connectivity index (χ2v) is 6.46. The molecule has 1 saturated heterocycles. The Labute approximate surface area is 133 Å². The second-order valence-electron chi connectivity index (χ2n) is 4.38. The molecule has 19 heavy (non-hydrogen) atoms. The Kier molecular flexibility index (Phi) is 4.83. The first-order chi connectivity index (χ1) is 9.02. The number of esters is 1. The Balaban J connectivity index is 2.13. The molecule has 1 aliphatic heterocycles. The molecule has 1 fully saturated rings. The SMILES string of the molecule is COC(=O)C1CCN(C(=O)c2cc(Br)ccc2I)C1. The number of amides is 1. The zero-order chi connectivity index (χ0) is 14.0. The van der Waals surface area contributed by atoms with Gasteiger partial charge in [-0.3, -0.25) is 9.59 Å². The van der Waals surface area contributed by atoms with Gasteiger partial charge in [-0.1, -0.05) is 15.9 Å². The first-order valence-electron chi connectivity index (χ1n) is 5.85. The molecular weight excluding hydrogens is 425 g/mol. The summed E-state index contributed by atoms with van der Waals surface area (Å²) in [6.07, 6.45) is 0.670. The topological polar surface area (TPSA) is 46.6 Å². The van der Waals surface area contributed by atoms with Crippen molar-refractivity contribution in [1.82, 2.24) is 4.90 Å². The van der Waals surface area contributed by atoms with Gasteiger partial charge in [0.25, 0.3) is 5.91 Å². The van der Waals surface area contributed by atoms with Crippen molar-refractivity contribution in [2.24, 2.45) is 5.92 Å². The van der Waals surface area contributed by atoms with Crippen molar-refractivity contribution >= 4 is 50.4 Å². The van der Waals surface area contributed by atoms with Gasteiger partial charge < -0.3 is 9.64 Å². The molecular formula is C13H13BrINO3. The molecule has 2 rings (SSSR count). The van der Waals surface area contributed by atoms with Gasteiger partial charge in [0.15, 0.2) is 0 Å². The van der Waals surface area contributed by atoms with Crippen LogP contribution in [0.15, 0.2) is 22.7 Å². The lowest BCUT2D eigenvalue weighted by Gasteiger charge is -2.17. The minimum absolute atomic E-state index is 0.0305. The third-order valence-corrected chi connectivity index (χ3v) is 4.60. The normalized spacial score (nSPS) is 18.5. The van der Waals surface area contributed by atoms with Crippen LogP contribution in [-0.4, -0.2) is 37.0 Å². The molecule has 4 nitrogen and oxygen atoms in total. The van der Waals surface area contributed by atoms with E-state index in [1.165, 1.54) is 7.11 Å². The van der Waals surface area contributed by atoms with Gasteiger partial charge in [0.2, 0.25) is 0 Å². The Morgan fingerprint density at radius 2 is 2.21 bits per heavy atom. The molecule has 102 valence electrons. The van der Waals surface area contributed by atoms with E-state index >= 15 is 0 Å². The highest BCUT2D eigenvalue weighted by molar-refractivity contribution is 14.1. The largest absolute Gasteiger partial charge is 0.469 e. The van der Waals surface area contributed by atoms with E-state index < -0.39 is 0 Å². The molecule has 1 aromatic carbocycles. The van der Waals surface area contributed by atoms with Crippen LogP contribution in [0.4, 0.5) is 0 Å². The van der Waals surface area contributed by atoms with Crippen molar-refractivity contribution in [1.29, 1.82) is 0 Å². The number of hydrogen-bond donors (Lipinski definition) is 0. The van der Waals surface area contributed by atoms with E-state index in [0.717, 1.165) is 8.04 Å². The van der Waals surface area contributed by atoms with Crippen LogP contribution in [0.5, 0.6) is 0 Å². The quantitative estimate of drug-likeness (QED) is 0.528. The fourth-order valence-electron chi connectivity index (χ4n) is 2.14. The van der Waals surface area contributed by atoms with Crippen LogP contribution in [0.25, 0.3) is 0 Å². The summed E-state index contributed by atoms with van der Waals surface area (Å²) in [6, 6.07) is 5.61. The summed E-state index contributed by atoms with van der Waals surface area (Å²) >= 11 is 5.52. The van der Waals surface area contributed by atoms with E-state index in [1.54, 1.807) is 4.90 Å². The van der Waals surface area contributed by atoms with Gasteiger partial charge in [-0.05, 0) is 47.2 Å². The highest BCUT2D eigenvalue weighted by atomic mass is 127. The van der Waals surface area contributed by atoms with E-state index in [4.69, 9.17) is 4.74 Å². The third-order valence-electron chi connectivity index (χ3n) is 3.17. The van der Waals surface area contributed by atoms with Crippen molar-refractivity contribution in [3.63, 3.8) is 0 Å². The van der Waals surface area contributed by atoms with Crippen LogP contribution in [0.3, 0.4) is 0 Å². The maximum atomic E-state index is 12.4. The second kappa shape index (κ2) is 6.21. The average Bonchev–Trinajstić information content (AvgIpc) is 2.89. The predicted octanol–water partition coefficient (Wildman–Crippen LogP) is 2.69. The molecule has 1 unspecified atom stereocenters. The molecule has 0 aromatic heterocycles. The maximum absolute atomic E-state index is 12.4. The number of carbonyl (C=O) groups excluding carboxylic acids is 2. The van der Waals surface area contributed by atoms with Gasteiger partial charge in [0.05, 0.1) is 18.6 Å². The number of ether oxygens (including phenoxy) is 1. The Morgan fingerprint density at radius 3 is 2.89 bits per heavy atom. The van der Waals surface area contributed by atoms with Crippen LogP contribution in [0.1, 0.15) is 16.8 Å². The zero-order valence-electron chi connectivity index (χ0n) is 10.4. The highest BCUT2D eigenvalue weighted by Gasteiger charge is 2.32. The Morgan fingerprint density at radius 1 is 1.47 bits per heavy atom. The molecule has 1 aromatic rings. The van der Waals surface area contributed by atoms with Crippen molar-refractivity contribution in [3.05, 3.63) is 31.8 Å². The van der Waals surface area contributed by atoms with Crippen molar-refractivity contribution in [2.45, 2.75) is 6.42 Å². The minimum atomic E-state index is -0.237. The fourth-order valence-corrected chi connectivity index (χ4v) is 3.06. The lowest BCUT2D eigenvalue weighted by molar-refractivity contribution is -0.144. The number of rotatable bonds is 2. The molecule has 0 N–H and O–H groups in total. The molecule has 1 atom stereocenters. The van der Waals surface area contributed by atoms with Crippen LogP contribution in [-0.2, 0) is 9.53 Å². The fraction of sp³-hybridized carbons (Fsp3) is 0.385. The summed E-state index contributed by atoms with van der Waals surface area (Å²) in [5, 5.41) is 0. The standard InChI is InChI=1S/C13H13BrINO3/c1-19-13(18)8-4-5-16(7-8)12(17)10-6-9(14)2-3-11(10)15/h2-3,6,8H,4-5,7H2,1H3. The molecule has 0 spiro atoms. The number of methoxy groups -OCH3 is 1. The van der Waals surface area contributed by atoms with Gasteiger partial charge in [-0.25, -0.2) is 0 Å². The summed E-state index contributed by atoms with van der Waals surface area (Å²) in [5.41, 5.74) is 0.667. The van der Waals surface area contributed by atoms with Crippen LogP contribution in [0, 0.1) is 9.49 Å². The lowest BCUT2D eigenvalue weighted by Crippen LogP contribution is -2.30. The van der Waals surface area contributed by atoms with Gasteiger partial charge in [-0.2, -0.15) is 0 Å². The summed E-state index contributed by atoms with van der Waals surface area (Å²) < 4.78 is 6.51. The van der Waals surface area contributed by atoms with Gasteiger partial charge >= 0.3 is 5.97 Å². The Bertz CT molecular complexity index is 521. The van der Waals surface area contributed by atoms with E-state index in [0.29, 0.717) is 25.1 Å². The average molecular weight is 438 g/mol. The molecule has 0 radical (unpaired) electrons. The van der Waals surface area contributed by atoms with E-state index in [9.17, 15) is 9.59 Å². The number of carbonyl (C=O) groups is 2. The molecule has 0 aliphatic carbocycles. The summed E-state index contributed by atoms with van der Waals surface area (Å²) in [6.45, 7) is 1.04.